The van der Waals surface area contributed by atoms with Crippen molar-refractivity contribution in [1.82, 2.24) is 15.6 Å². The second-order valence-corrected chi connectivity index (χ2v) is 4.52. The van der Waals surface area contributed by atoms with Crippen LogP contribution in [0.1, 0.15) is 41.4 Å². The molecular weight excluding hydrogens is 218 g/mol. The van der Waals surface area contributed by atoms with Crippen molar-refractivity contribution >= 4 is 5.91 Å². The minimum Gasteiger partial charge on any atom is -0.436 e. The summed E-state index contributed by atoms with van der Waals surface area (Å²) in [5.74, 6) is 0.718. The van der Waals surface area contributed by atoms with E-state index >= 15 is 0 Å². The fourth-order valence-electron chi connectivity index (χ4n) is 2.14. The van der Waals surface area contributed by atoms with E-state index in [1.54, 1.807) is 13.8 Å². The maximum atomic E-state index is 12.0. The molecule has 1 amide bonds. The summed E-state index contributed by atoms with van der Waals surface area (Å²) in [6.45, 7) is 5.40. The number of hydrogen-bond acceptors (Lipinski definition) is 4. The number of aromatic nitrogens is 1. The van der Waals surface area contributed by atoms with Crippen molar-refractivity contribution in [3.63, 3.8) is 0 Å². The molecular formula is C12H19N3O2. The van der Waals surface area contributed by atoms with Gasteiger partial charge in [0.2, 0.25) is 5.76 Å². The van der Waals surface area contributed by atoms with E-state index in [2.05, 4.69) is 15.6 Å². The number of aryl methyl sites for hydroxylation is 2. The van der Waals surface area contributed by atoms with Crippen molar-refractivity contribution in [2.75, 3.05) is 13.1 Å². The molecule has 1 unspecified atom stereocenters. The maximum Gasteiger partial charge on any atom is 0.289 e. The molecule has 2 rings (SSSR count). The minimum absolute atomic E-state index is 0.156. The van der Waals surface area contributed by atoms with Crippen LogP contribution in [0.2, 0.25) is 0 Å². The van der Waals surface area contributed by atoms with E-state index in [-0.39, 0.29) is 11.9 Å². The molecule has 0 spiro atoms. The highest BCUT2D eigenvalue weighted by Crippen LogP contribution is 2.10. The molecule has 94 valence electrons. The van der Waals surface area contributed by atoms with Crippen LogP contribution in [0.5, 0.6) is 0 Å². The number of nitrogens with one attached hydrogen (secondary N) is 2. The lowest BCUT2D eigenvalue weighted by molar-refractivity contribution is 0.0905. The van der Waals surface area contributed by atoms with Gasteiger partial charge in [-0.25, -0.2) is 4.98 Å². The topological polar surface area (TPSA) is 67.2 Å². The minimum atomic E-state index is -0.156. The Bertz CT molecular complexity index is 392. The predicted octanol–water partition coefficient (Wildman–Crippen LogP) is 1.16. The number of hydrogen-bond donors (Lipinski definition) is 2. The Morgan fingerprint density at radius 3 is 3.00 bits per heavy atom. The van der Waals surface area contributed by atoms with Gasteiger partial charge in [0.1, 0.15) is 0 Å². The molecule has 0 aliphatic carbocycles. The van der Waals surface area contributed by atoms with Crippen molar-refractivity contribution in [3.05, 3.63) is 17.3 Å². The van der Waals surface area contributed by atoms with Crippen LogP contribution in [0, 0.1) is 13.8 Å². The van der Waals surface area contributed by atoms with Crippen molar-refractivity contribution in [1.29, 1.82) is 0 Å². The lowest BCUT2D eigenvalue weighted by atomic mass is 10.1. The summed E-state index contributed by atoms with van der Waals surface area (Å²) in [7, 11) is 0. The SMILES string of the molecule is Cc1nc(C)c(C(=O)NC2CCCCNC2)o1. The molecule has 5 heteroatoms. The van der Waals surface area contributed by atoms with Gasteiger partial charge in [0.15, 0.2) is 5.89 Å². The number of carbonyl (C=O) groups is 1. The summed E-state index contributed by atoms with van der Waals surface area (Å²) < 4.78 is 5.31. The van der Waals surface area contributed by atoms with Gasteiger partial charge in [-0.3, -0.25) is 4.79 Å². The molecule has 0 bridgehead atoms. The van der Waals surface area contributed by atoms with Crippen LogP contribution in [0.3, 0.4) is 0 Å². The van der Waals surface area contributed by atoms with Crippen LogP contribution in [-0.4, -0.2) is 30.0 Å². The molecule has 1 saturated heterocycles. The second-order valence-electron chi connectivity index (χ2n) is 4.52. The molecule has 0 saturated carbocycles. The molecule has 1 aliphatic rings. The molecule has 1 aliphatic heterocycles. The van der Waals surface area contributed by atoms with Crippen LogP contribution >= 0.6 is 0 Å². The smallest absolute Gasteiger partial charge is 0.289 e. The van der Waals surface area contributed by atoms with Gasteiger partial charge in [-0.15, -0.1) is 0 Å². The Morgan fingerprint density at radius 1 is 1.47 bits per heavy atom. The van der Waals surface area contributed by atoms with E-state index in [0.717, 1.165) is 25.9 Å². The van der Waals surface area contributed by atoms with Gasteiger partial charge in [-0.05, 0) is 26.3 Å². The molecule has 17 heavy (non-hydrogen) atoms. The molecule has 1 aromatic heterocycles. The first-order chi connectivity index (χ1) is 8.16. The Labute approximate surface area is 101 Å². The first-order valence-corrected chi connectivity index (χ1v) is 6.12. The molecule has 2 N–H and O–H groups in total. The molecule has 5 nitrogen and oxygen atoms in total. The predicted molar refractivity (Wildman–Crippen MR) is 64.0 cm³/mol. The Balaban J connectivity index is 1.98. The van der Waals surface area contributed by atoms with Crippen LogP contribution in [0.25, 0.3) is 0 Å². The van der Waals surface area contributed by atoms with E-state index in [4.69, 9.17) is 4.42 Å². The molecule has 1 fully saturated rings. The monoisotopic (exact) mass is 237 g/mol. The molecule has 0 radical (unpaired) electrons. The van der Waals surface area contributed by atoms with Crippen LogP contribution in [-0.2, 0) is 0 Å². The number of rotatable bonds is 2. The highest BCUT2D eigenvalue weighted by molar-refractivity contribution is 5.92. The first kappa shape index (κ1) is 12.1. The van der Waals surface area contributed by atoms with Crippen molar-refractivity contribution < 1.29 is 9.21 Å². The highest BCUT2D eigenvalue weighted by Gasteiger charge is 2.20. The Hall–Kier alpha value is -1.36. The lowest BCUT2D eigenvalue weighted by Gasteiger charge is -2.15. The van der Waals surface area contributed by atoms with Gasteiger partial charge in [-0.2, -0.15) is 0 Å². The zero-order valence-corrected chi connectivity index (χ0v) is 10.4. The summed E-state index contributed by atoms with van der Waals surface area (Å²) in [4.78, 5) is 16.1. The summed E-state index contributed by atoms with van der Waals surface area (Å²) in [6.07, 6.45) is 3.34. The normalized spacial score (nSPS) is 20.9. The van der Waals surface area contributed by atoms with Crippen molar-refractivity contribution in [2.24, 2.45) is 0 Å². The Morgan fingerprint density at radius 2 is 2.29 bits per heavy atom. The first-order valence-electron chi connectivity index (χ1n) is 6.12. The Kier molecular flexibility index (Phi) is 3.78. The third-order valence-electron chi connectivity index (χ3n) is 2.99. The van der Waals surface area contributed by atoms with Gasteiger partial charge < -0.3 is 15.1 Å². The number of oxazole rings is 1. The maximum absolute atomic E-state index is 12.0. The number of nitrogens with zero attached hydrogens (tertiary/aromatic N) is 1. The van der Waals surface area contributed by atoms with Gasteiger partial charge in [0.05, 0.1) is 5.69 Å². The third kappa shape index (κ3) is 3.06. The van der Waals surface area contributed by atoms with Crippen LogP contribution < -0.4 is 10.6 Å². The fraction of sp³-hybridized carbons (Fsp3) is 0.667. The summed E-state index contributed by atoms with van der Waals surface area (Å²) in [6, 6.07) is 0.190. The van der Waals surface area contributed by atoms with Crippen molar-refractivity contribution in [3.8, 4) is 0 Å². The van der Waals surface area contributed by atoms with Gasteiger partial charge in [-0.1, -0.05) is 6.42 Å². The summed E-state index contributed by atoms with van der Waals surface area (Å²) in [5, 5.41) is 6.31. The zero-order chi connectivity index (χ0) is 12.3. The van der Waals surface area contributed by atoms with Gasteiger partial charge in [0.25, 0.3) is 5.91 Å². The summed E-state index contributed by atoms with van der Waals surface area (Å²) >= 11 is 0. The molecule has 2 heterocycles. The number of carbonyl (C=O) groups excluding carboxylic acids is 1. The van der Waals surface area contributed by atoms with E-state index in [1.807, 2.05) is 0 Å². The number of amides is 1. The third-order valence-corrected chi connectivity index (χ3v) is 2.99. The highest BCUT2D eigenvalue weighted by atomic mass is 16.4. The average Bonchev–Trinajstić information content (AvgIpc) is 2.51. The largest absolute Gasteiger partial charge is 0.436 e. The summed E-state index contributed by atoms with van der Waals surface area (Å²) in [5.41, 5.74) is 0.654. The van der Waals surface area contributed by atoms with E-state index in [1.165, 1.54) is 6.42 Å². The second kappa shape index (κ2) is 5.31. The molecule has 0 aromatic carbocycles. The van der Waals surface area contributed by atoms with E-state index in [9.17, 15) is 4.79 Å². The van der Waals surface area contributed by atoms with Crippen LogP contribution in [0.4, 0.5) is 0 Å². The van der Waals surface area contributed by atoms with Crippen LogP contribution in [0.15, 0.2) is 4.42 Å². The fourth-order valence-corrected chi connectivity index (χ4v) is 2.14. The molecule has 1 aromatic rings. The lowest BCUT2D eigenvalue weighted by Crippen LogP contribution is -2.40. The average molecular weight is 237 g/mol. The van der Waals surface area contributed by atoms with Gasteiger partial charge in [0, 0.05) is 19.5 Å². The van der Waals surface area contributed by atoms with E-state index < -0.39 is 0 Å². The van der Waals surface area contributed by atoms with Crippen molar-refractivity contribution in [2.45, 2.75) is 39.2 Å². The van der Waals surface area contributed by atoms with E-state index in [0.29, 0.717) is 17.3 Å². The standard InChI is InChI=1S/C12H19N3O2/c1-8-11(17-9(2)14-8)12(16)15-10-5-3-4-6-13-7-10/h10,13H,3-7H2,1-2H3,(H,15,16). The van der Waals surface area contributed by atoms with Gasteiger partial charge >= 0.3 is 0 Å². The molecule has 1 atom stereocenters. The quantitative estimate of drug-likeness (QED) is 0.810. The zero-order valence-electron chi connectivity index (χ0n) is 10.4.